The maximum atomic E-state index is 13.1. The van der Waals surface area contributed by atoms with Gasteiger partial charge < -0.3 is 14.9 Å². The van der Waals surface area contributed by atoms with E-state index < -0.39 is 35.4 Å². The molecule has 0 heterocycles. The van der Waals surface area contributed by atoms with Crippen molar-refractivity contribution in [2.75, 3.05) is 0 Å². The second kappa shape index (κ2) is 4.26. The first-order valence-electron chi connectivity index (χ1n) is 3.90. The highest BCUT2D eigenvalue weighted by Crippen LogP contribution is 2.50. The lowest BCUT2D eigenvalue weighted by atomic mass is 10.2. The third-order valence-electron chi connectivity index (χ3n) is 1.79. The molecule has 9 heteroatoms. The van der Waals surface area contributed by atoms with Gasteiger partial charge in [0.25, 0.3) is 5.69 Å². The quantitative estimate of drug-likeness (QED) is 0.417. The molecule has 0 aliphatic rings. The van der Waals surface area contributed by atoms with Crippen molar-refractivity contribution < 1.29 is 28.8 Å². The summed E-state index contributed by atoms with van der Waals surface area (Å²) in [6.07, 6.45) is 0. The van der Waals surface area contributed by atoms with Crippen molar-refractivity contribution in [3.8, 4) is 0 Å². The molecule has 0 fully saturated rings. The Hall–Kier alpha value is -1.34. The fraction of sp³-hybridized carbons (Fsp3) is 0.143. The van der Waals surface area contributed by atoms with Crippen LogP contribution in [0.1, 0.15) is 11.4 Å². The molecular formula is C7H7FNO6P. The second-order valence-electron chi connectivity index (χ2n) is 2.93. The monoisotopic (exact) mass is 251 g/mol. The molecule has 1 atom stereocenters. The van der Waals surface area contributed by atoms with Gasteiger partial charge in [-0.25, -0.2) is 4.39 Å². The Morgan fingerprint density at radius 1 is 1.44 bits per heavy atom. The van der Waals surface area contributed by atoms with Crippen molar-refractivity contribution in [2.45, 2.75) is 5.85 Å². The van der Waals surface area contributed by atoms with Gasteiger partial charge in [-0.1, -0.05) is 0 Å². The van der Waals surface area contributed by atoms with E-state index in [-0.39, 0.29) is 0 Å². The number of benzene rings is 1. The van der Waals surface area contributed by atoms with E-state index >= 15 is 0 Å². The summed E-state index contributed by atoms with van der Waals surface area (Å²) in [7, 11) is -4.96. The predicted octanol–water partition coefficient (Wildman–Crippen LogP) is 0.902. The lowest BCUT2D eigenvalue weighted by Gasteiger charge is -2.12. The number of nitro benzene ring substituents is 1. The van der Waals surface area contributed by atoms with E-state index in [0.717, 1.165) is 6.07 Å². The molecular weight excluding hydrogens is 244 g/mol. The highest BCUT2D eigenvalue weighted by Gasteiger charge is 2.31. The highest BCUT2D eigenvalue weighted by molar-refractivity contribution is 7.51. The maximum absolute atomic E-state index is 13.1. The molecule has 0 spiro atoms. The zero-order chi connectivity index (χ0) is 12.5. The Labute approximate surface area is 88.5 Å². The van der Waals surface area contributed by atoms with Crippen LogP contribution in [0.25, 0.3) is 0 Å². The zero-order valence-corrected chi connectivity index (χ0v) is 8.54. The summed E-state index contributed by atoms with van der Waals surface area (Å²) in [5.74, 6) is -3.53. The van der Waals surface area contributed by atoms with E-state index in [2.05, 4.69) is 0 Å². The normalized spacial score (nSPS) is 13.5. The fourth-order valence-electron chi connectivity index (χ4n) is 1.02. The summed E-state index contributed by atoms with van der Waals surface area (Å²) >= 11 is 0. The average Bonchev–Trinajstić information content (AvgIpc) is 2.15. The van der Waals surface area contributed by atoms with E-state index in [9.17, 15) is 19.1 Å². The van der Waals surface area contributed by atoms with Crippen molar-refractivity contribution in [1.82, 2.24) is 0 Å². The first-order valence-corrected chi connectivity index (χ1v) is 5.58. The molecule has 1 unspecified atom stereocenters. The standard InChI is InChI=1S/C7H7FNO6P/c8-6-2-1-4(9(11)12)3-5(6)7(10)16(13,14)15/h1-3,7,10H,(H2,13,14,15). The number of rotatable bonds is 3. The smallest absolute Gasteiger partial charge is 0.358 e. The van der Waals surface area contributed by atoms with Gasteiger partial charge in [-0.15, -0.1) is 0 Å². The van der Waals surface area contributed by atoms with Crippen LogP contribution in [0, 0.1) is 15.9 Å². The summed E-state index contributed by atoms with van der Waals surface area (Å²) in [6, 6.07) is 2.07. The SMILES string of the molecule is O=[N+]([O-])c1ccc(F)c(C(O)P(=O)(O)O)c1. The Bertz CT molecular complexity index is 472. The van der Waals surface area contributed by atoms with Gasteiger partial charge in [-0.3, -0.25) is 14.7 Å². The van der Waals surface area contributed by atoms with Crippen LogP contribution in [0.5, 0.6) is 0 Å². The van der Waals surface area contributed by atoms with Crippen molar-refractivity contribution in [1.29, 1.82) is 0 Å². The molecule has 0 aliphatic carbocycles. The van der Waals surface area contributed by atoms with Crippen LogP contribution in [0.15, 0.2) is 18.2 Å². The van der Waals surface area contributed by atoms with Crippen LogP contribution < -0.4 is 0 Å². The van der Waals surface area contributed by atoms with Gasteiger partial charge in [0.15, 0.2) is 5.85 Å². The van der Waals surface area contributed by atoms with Crippen LogP contribution in [-0.4, -0.2) is 19.8 Å². The first kappa shape index (κ1) is 12.7. The molecule has 3 N–H and O–H groups in total. The van der Waals surface area contributed by atoms with E-state index in [1.54, 1.807) is 0 Å². The third-order valence-corrected chi connectivity index (χ3v) is 2.70. The molecule has 1 aromatic rings. The molecule has 0 aliphatic heterocycles. The fourth-order valence-corrected chi connectivity index (χ4v) is 1.58. The Kier molecular flexibility index (Phi) is 3.39. The molecule has 0 aromatic heterocycles. The van der Waals surface area contributed by atoms with Crippen LogP contribution in [0.3, 0.4) is 0 Å². The van der Waals surface area contributed by atoms with Gasteiger partial charge in [0.2, 0.25) is 0 Å². The van der Waals surface area contributed by atoms with Crippen LogP contribution in [0.4, 0.5) is 10.1 Å². The summed E-state index contributed by atoms with van der Waals surface area (Å²) in [6.45, 7) is 0. The molecule has 0 bridgehead atoms. The van der Waals surface area contributed by atoms with Crippen molar-refractivity contribution in [3.05, 3.63) is 39.7 Å². The van der Waals surface area contributed by atoms with E-state index in [1.807, 2.05) is 0 Å². The number of aliphatic hydroxyl groups excluding tert-OH is 1. The minimum absolute atomic E-state index is 0.566. The van der Waals surface area contributed by atoms with Crippen molar-refractivity contribution in [3.63, 3.8) is 0 Å². The molecule has 0 saturated heterocycles. The average molecular weight is 251 g/mol. The molecule has 7 nitrogen and oxygen atoms in total. The summed E-state index contributed by atoms with van der Waals surface area (Å²) in [5, 5.41) is 19.5. The number of nitrogens with zero attached hydrogens (tertiary/aromatic N) is 1. The van der Waals surface area contributed by atoms with E-state index in [4.69, 9.17) is 14.9 Å². The van der Waals surface area contributed by atoms with Crippen LogP contribution in [0.2, 0.25) is 0 Å². The minimum Gasteiger partial charge on any atom is -0.376 e. The van der Waals surface area contributed by atoms with Crippen molar-refractivity contribution in [2.24, 2.45) is 0 Å². The minimum atomic E-state index is -4.96. The Balaban J connectivity index is 3.27. The van der Waals surface area contributed by atoms with Gasteiger partial charge in [-0.05, 0) is 6.07 Å². The van der Waals surface area contributed by atoms with Crippen LogP contribution in [-0.2, 0) is 4.57 Å². The maximum Gasteiger partial charge on any atom is 0.358 e. The van der Waals surface area contributed by atoms with E-state index in [0.29, 0.717) is 12.1 Å². The second-order valence-corrected chi connectivity index (χ2v) is 4.59. The number of non-ortho nitro benzene ring substituents is 1. The molecule has 0 radical (unpaired) electrons. The number of halogens is 1. The largest absolute Gasteiger partial charge is 0.376 e. The Morgan fingerprint density at radius 3 is 2.44 bits per heavy atom. The van der Waals surface area contributed by atoms with Gasteiger partial charge in [0.05, 0.1) is 4.92 Å². The summed E-state index contributed by atoms with van der Waals surface area (Å²) in [4.78, 5) is 26.7. The van der Waals surface area contributed by atoms with Crippen molar-refractivity contribution >= 4 is 13.3 Å². The summed E-state index contributed by atoms with van der Waals surface area (Å²) in [5.41, 5.74) is -1.37. The lowest BCUT2D eigenvalue weighted by Crippen LogP contribution is -2.02. The Morgan fingerprint density at radius 2 is 2.00 bits per heavy atom. The van der Waals surface area contributed by atoms with Gasteiger partial charge in [0.1, 0.15) is 5.82 Å². The first-order chi connectivity index (χ1) is 7.23. The molecule has 1 rings (SSSR count). The molecule has 16 heavy (non-hydrogen) atoms. The molecule has 1 aromatic carbocycles. The number of nitro groups is 1. The molecule has 0 saturated carbocycles. The third kappa shape index (κ3) is 2.61. The molecule has 0 amide bonds. The summed E-state index contributed by atoms with van der Waals surface area (Å²) < 4.78 is 23.8. The lowest BCUT2D eigenvalue weighted by molar-refractivity contribution is -0.385. The van der Waals surface area contributed by atoms with Gasteiger partial charge in [-0.2, -0.15) is 0 Å². The predicted molar refractivity (Wildman–Crippen MR) is 50.1 cm³/mol. The number of hydrogen-bond acceptors (Lipinski definition) is 4. The number of hydrogen-bond donors (Lipinski definition) is 3. The zero-order valence-electron chi connectivity index (χ0n) is 7.65. The van der Waals surface area contributed by atoms with Crippen LogP contribution >= 0.6 is 7.60 Å². The highest BCUT2D eigenvalue weighted by atomic mass is 31.2. The number of aliphatic hydroxyl groups is 1. The van der Waals surface area contributed by atoms with E-state index in [1.165, 1.54) is 0 Å². The molecule has 88 valence electrons. The topological polar surface area (TPSA) is 121 Å². The van der Waals surface area contributed by atoms with Gasteiger partial charge >= 0.3 is 7.60 Å². The van der Waals surface area contributed by atoms with Gasteiger partial charge in [0, 0.05) is 17.7 Å².